The van der Waals surface area contributed by atoms with Crippen molar-refractivity contribution in [3.63, 3.8) is 0 Å². The fourth-order valence-electron chi connectivity index (χ4n) is 8.18. The molecule has 0 radical (unpaired) electrons. The number of rotatable bonds is 7. The van der Waals surface area contributed by atoms with Crippen molar-refractivity contribution in [2.75, 3.05) is 39.5 Å². The third-order valence-electron chi connectivity index (χ3n) is 10.6. The molecule has 0 aromatic rings. The number of piperazine rings is 1. The zero-order valence-corrected chi connectivity index (χ0v) is 26.5. The Kier molecular flexibility index (Phi) is 10.5. The number of aliphatic imine (C=N–C) groups is 1. The Morgan fingerprint density at radius 3 is 2.50 bits per heavy atom. The van der Waals surface area contributed by atoms with Crippen LogP contribution in [0.5, 0.6) is 0 Å². The van der Waals surface area contributed by atoms with E-state index in [2.05, 4.69) is 40.6 Å². The molecule has 5 fully saturated rings. The van der Waals surface area contributed by atoms with Crippen LogP contribution in [0, 0.1) is 17.8 Å². The molecule has 6 aliphatic rings. The number of amides is 2. The Morgan fingerprint density at radius 2 is 1.76 bits per heavy atom. The summed E-state index contributed by atoms with van der Waals surface area (Å²) in [5.41, 5.74) is 0. The average Bonchev–Trinajstić information content (AvgIpc) is 3.65. The lowest BCUT2D eigenvalue weighted by molar-refractivity contribution is -0.185. The van der Waals surface area contributed by atoms with Crippen LogP contribution < -0.4 is 16.0 Å². The van der Waals surface area contributed by atoms with Crippen molar-refractivity contribution in [1.82, 2.24) is 25.8 Å². The van der Waals surface area contributed by atoms with Crippen LogP contribution >= 0.6 is 8.60 Å². The van der Waals surface area contributed by atoms with E-state index >= 15 is 0 Å². The minimum atomic E-state index is -4.30. The molecular weight excluding hydrogens is 632 g/mol. The molecule has 5 N–H and O–H groups in total. The van der Waals surface area contributed by atoms with Gasteiger partial charge in [-0.05, 0) is 44.9 Å². The monoisotopic (exact) mass is 676 g/mol. The van der Waals surface area contributed by atoms with Gasteiger partial charge in [-0.25, -0.2) is 9.79 Å². The lowest BCUT2D eigenvalue weighted by Crippen LogP contribution is -2.61. The Labute approximate surface area is 266 Å². The average molecular weight is 677 g/mol. The highest BCUT2D eigenvalue weighted by Crippen LogP contribution is 2.40. The van der Waals surface area contributed by atoms with Gasteiger partial charge < -0.3 is 35.4 Å². The van der Waals surface area contributed by atoms with Gasteiger partial charge in [-0.1, -0.05) is 12.8 Å². The van der Waals surface area contributed by atoms with E-state index in [1.165, 1.54) is 4.90 Å². The van der Waals surface area contributed by atoms with Crippen LogP contribution in [0.1, 0.15) is 57.8 Å². The standard InChI is InChI=1S/C28H44F3N8O6P/c29-28(30,31)19-3-1-2-4-20(19)34-26-35-22-12-18(25(40)33-17-6-5-16-14-32-37-21(16)11-17)24(13-23(22)36-26)38-7-9-39(10-8-38)27(41)44-15-45-46(42)43/h16-24,42-43H,1-15H2,(H,33,40)(H2,34,35,36). The van der Waals surface area contributed by atoms with Gasteiger partial charge in [-0.2, -0.15) is 23.4 Å². The van der Waals surface area contributed by atoms with E-state index in [1.807, 2.05) is 0 Å². The highest BCUT2D eigenvalue weighted by Gasteiger charge is 2.49. The third kappa shape index (κ3) is 7.86. The minimum Gasteiger partial charge on any atom is -0.422 e. The van der Waals surface area contributed by atoms with Crippen LogP contribution in [0.25, 0.3) is 0 Å². The zero-order chi connectivity index (χ0) is 32.4. The van der Waals surface area contributed by atoms with Crippen LogP contribution in [-0.4, -0.2) is 119 Å². The number of ether oxygens (including phenoxy) is 1. The molecule has 3 aliphatic heterocycles. The summed E-state index contributed by atoms with van der Waals surface area (Å²) < 4.78 is 50.8. The van der Waals surface area contributed by atoms with Crippen molar-refractivity contribution in [2.45, 2.75) is 100 Å². The van der Waals surface area contributed by atoms with Gasteiger partial charge in [-0.15, -0.1) is 0 Å². The molecule has 258 valence electrons. The van der Waals surface area contributed by atoms with Gasteiger partial charge in [0.15, 0.2) is 5.96 Å². The van der Waals surface area contributed by atoms with Crippen LogP contribution in [0.3, 0.4) is 0 Å². The molecule has 0 aromatic carbocycles. The SMILES string of the molecule is O=C(NC1CCC2CN=NC2C1)C1CC2NC(=NC3CCCCC3C(F)(F)F)NC2CC1N1CCN(C(=O)OCOP(O)O)CC1. The second kappa shape index (κ2) is 14.4. The molecule has 0 bridgehead atoms. The molecule has 2 amide bonds. The number of carbonyl (C=O) groups is 2. The quantitative estimate of drug-likeness (QED) is 0.200. The second-order valence-electron chi connectivity index (χ2n) is 13.3. The molecule has 9 unspecified atom stereocenters. The number of nitrogens with one attached hydrogen (secondary N) is 3. The minimum absolute atomic E-state index is 0.00858. The van der Waals surface area contributed by atoms with E-state index < -0.39 is 39.6 Å². The molecule has 6 rings (SSSR count). The number of fused-ring (bicyclic) bond motifs is 2. The molecule has 0 spiro atoms. The Balaban J connectivity index is 1.13. The van der Waals surface area contributed by atoms with E-state index in [-0.39, 0.29) is 48.5 Å². The van der Waals surface area contributed by atoms with Gasteiger partial charge >= 0.3 is 20.9 Å². The van der Waals surface area contributed by atoms with Gasteiger partial charge in [0, 0.05) is 44.2 Å². The summed E-state index contributed by atoms with van der Waals surface area (Å²) in [6.45, 7) is 1.87. The molecule has 3 heterocycles. The summed E-state index contributed by atoms with van der Waals surface area (Å²) in [5.74, 6) is -1.04. The first-order chi connectivity index (χ1) is 22.0. The largest absolute Gasteiger partial charge is 0.422 e. The first-order valence-corrected chi connectivity index (χ1v) is 17.5. The van der Waals surface area contributed by atoms with Gasteiger partial charge in [0.1, 0.15) is 0 Å². The number of guanidine groups is 1. The lowest BCUT2D eigenvalue weighted by atomic mass is 9.77. The second-order valence-corrected chi connectivity index (χ2v) is 14.1. The van der Waals surface area contributed by atoms with Gasteiger partial charge in [0.25, 0.3) is 0 Å². The van der Waals surface area contributed by atoms with Crippen molar-refractivity contribution >= 4 is 26.6 Å². The molecule has 14 nitrogen and oxygen atoms in total. The fourth-order valence-corrected chi connectivity index (χ4v) is 8.33. The molecular formula is C28H44F3N8O6P. The third-order valence-corrected chi connectivity index (χ3v) is 11.0. The van der Waals surface area contributed by atoms with Crippen molar-refractivity contribution in [2.24, 2.45) is 33.0 Å². The molecule has 46 heavy (non-hydrogen) atoms. The van der Waals surface area contributed by atoms with E-state index in [0.29, 0.717) is 70.2 Å². The Hall–Kier alpha value is -2.33. The topological polar surface area (TPSA) is 173 Å². The maximum absolute atomic E-state index is 14.0. The zero-order valence-electron chi connectivity index (χ0n) is 25.6. The number of hydrogen-bond acceptors (Lipinski definition) is 10. The van der Waals surface area contributed by atoms with E-state index in [9.17, 15) is 22.8 Å². The van der Waals surface area contributed by atoms with Crippen molar-refractivity contribution < 1.29 is 41.8 Å². The van der Waals surface area contributed by atoms with Crippen LogP contribution in [-0.2, 0) is 14.1 Å². The predicted molar refractivity (Wildman–Crippen MR) is 159 cm³/mol. The molecule has 0 aromatic heterocycles. The maximum atomic E-state index is 14.0. The number of nitrogens with zero attached hydrogens (tertiary/aromatic N) is 5. The van der Waals surface area contributed by atoms with Crippen molar-refractivity contribution in [1.29, 1.82) is 0 Å². The van der Waals surface area contributed by atoms with Gasteiger partial charge in [0.05, 0.1) is 42.5 Å². The summed E-state index contributed by atoms with van der Waals surface area (Å²) in [5, 5.41) is 18.6. The van der Waals surface area contributed by atoms with E-state index in [0.717, 1.165) is 25.8 Å². The van der Waals surface area contributed by atoms with Crippen LogP contribution in [0.2, 0.25) is 0 Å². The number of hydrogen-bond donors (Lipinski definition) is 5. The van der Waals surface area contributed by atoms with E-state index in [4.69, 9.17) is 14.5 Å². The molecule has 3 aliphatic carbocycles. The highest BCUT2D eigenvalue weighted by molar-refractivity contribution is 7.39. The smallest absolute Gasteiger partial charge is 0.411 e. The van der Waals surface area contributed by atoms with Crippen molar-refractivity contribution in [3.8, 4) is 0 Å². The first-order valence-electron chi connectivity index (χ1n) is 16.4. The molecule has 2 saturated heterocycles. The Morgan fingerprint density at radius 1 is 1.02 bits per heavy atom. The summed E-state index contributed by atoms with van der Waals surface area (Å²) in [4.78, 5) is 52.4. The summed E-state index contributed by atoms with van der Waals surface area (Å²) in [6.07, 6.45) is 0.496. The van der Waals surface area contributed by atoms with Crippen LogP contribution in [0.15, 0.2) is 15.2 Å². The van der Waals surface area contributed by atoms with E-state index in [1.54, 1.807) is 0 Å². The predicted octanol–water partition coefficient (Wildman–Crippen LogP) is 2.23. The molecule has 3 saturated carbocycles. The molecule has 9 atom stereocenters. The highest BCUT2D eigenvalue weighted by atomic mass is 31.2. The number of azo groups is 1. The van der Waals surface area contributed by atoms with Crippen molar-refractivity contribution in [3.05, 3.63) is 0 Å². The number of carbonyl (C=O) groups excluding carboxylic acids is 2. The first kappa shape index (κ1) is 33.6. The summed E-state index contributed by atoms with van der Waals surface area (Å²) >= 11 is 0. The number of halogens is 3. The lowest BCUT2D eigenvalue weighted by Gasteiger charge is -2.46. The summed E-state index contributed by atoms with van der Waals surface area (Å²) in [6, 6.07) is -1.11. The maximum Gasteiger partial charge on any atom is 0.411 e. The van der Waals surface area contributed by atoms with Crippen LogP contribution in [0.4, 0.5) is 18.0 Å². The fraction of sp³-hybridized carbons (Fsp3) is 0.893. The van der Waals surface area contributed by atoms with Gasteiger partial charge in [0.2, 0.25) is 12.7 Å². The Bertz CT molecular complexity index is 1160. The molecule has 18 heteroatoms. The summed E-state index contributed by atoms with van der Waals surface area (Å²) in [7, 11) is -2.63. The normalized spacial score (nSPS) is 37.4. The van der Waals surface area contributed by atoms with Gasteiger partial charge in [-0.3, -0.25) is 14.2 Å². The number of alkyl halides is 3.